The molecule has 2 aromatic carbocycles. The van der Waals surface area contributed by atoms with Gasteiger partial charge in [0.1, 0.15) is 5.82 Å². The SMILES string of the molecule is CN=C(NCCCN1CCN(C)CC1c1ccccc1)NCc1ccc(F)cc1.I. The molecule has 5 nitrogen and oxygen atoms in total. The average molecular weight is 525 g/mol. The van der Waals surface area contributed by atoms with Crippen LogP contribution in [0.15, 0.2) is 59.6 Å². The average Bonchev–Trinajstić information content (AvgIpc) is 2.76. The lowest BCUT2D eigenvalue weighted by Gasteiger charge is -2.40. The summed E-state index contributed by atoms with van der Waals surface area (Å²) in [4.78, 5) is 9.28. The monoisotopic (exact) mass is 525 g/mol. The molecule has 0 spiro atoms. The predicted octanol–water partition coefficient (Wildman–Crippen LogP) is 3.49. The fraction of sp³-hybridized carbons (Fsp3) is 0.435. The van der Waals surface area contributed by atoms with Gasteiger partial charge in [-0.25, -0.2) is 4.39 Å². The van der Waals surface area contributed by atoms with Gasteiger partial charge >= 0.3 is 0 Å². The standard InChI is InChI=1S/C23H32FN5.HI/c1-25-23(27-17-19-9-11-21(24)12-10-19)26-13-6-14-29-16-15-28(2)18-22(29)20-7-4-3-5-8-20;/h3-5,7-12,22H,6,13-18H2,1-2H3,(H2,25,26,27);1H. The normalized spacial score (nSPS) is 18.0. The highest BCUT2D eigenvalue weighted by molar-refractivity contribution is 14.0. The Morgan fingerprint density at radius 1 is 1.07 bits per heavy atom. The maximum absolute atomic E-state index is 13.0. The molecule has 0 bridgehead atoms. The summed E-state index contributed by atoms with van der Waals surface area (Å²) in [6, 6.07) is 17.8. The fourth-order valence-corrected chi connectivity index (χ4v) is 3.71. The van der Waals surface area contributed by atoms with E-state index in [0.717, 1.165) is 50.7 Å². The van der Waals surface area contributed by atoms with Crippen LogP contribution in [-0.4, -0.2) is 62.6 Å². The smallest absolute Gasteiger partial charge is 0.191 e. The second kappa shape index (κ2) is 12.9. The van der Waals surface area contributed by atoms with Gasteiger partial charge in [0, 0.05) is 52.4 Å². The number of hydrogen-bond donors (Lipinski definition) is 2. The number of hydrogen-bond acceptors (Lipinski definition) is 3. The molecule has 2 aromatic rings. The number of piperazine rings is 1. The molecule has 1 aliphatic heterocycles. The molecular formula is C23H33FIN5. The van der Waals surface area contributed by atoms with E-state index in [-0.39, 0.29) is 29.8 Å². The Hall–Kier alpha value is -1.71. The Bertz CT molecular complexity index is 769. The van der Waals surface area contributed by atoms with E-state index in [1.54, 1.807) is 19.2 Å². The van der Waals surface area contributed by atoms with Crippen LogP contribution in [0.3, 0.4) is 0 Å². The summed E-state index contributed by atoms with van der Waals surface area (Å²) in [6.45, 7) is 5.80. The van der Waals surface area contributed by atoms with E-state index in [1.165, 1.54) is 17.7 Å². The summed E-state index contributed by atoms with van der Waals surface area (Å²) in [5.74, 6) is 0.557. The molecular weight excluding hydrogens is 492 g/mol. The molecule has 0 aromatic heterocycles. The number of rotatable bonds is 7. The van der Waals surface area contributed by atoms with E-state index in [1.807, 2.05) is 0 Å². The van der Waals surface area contributed by atoms with E-state index >= 15 is 0 Å². The van der Waals surface area contributed by atoms with E-state index in [4.69, 9.17) is 0 Å². The van der Waals surface area contributed by atoms with Crippen molar-refractivity contribution in [1.29, 1.82) is 0 Å². The van der Waals surface area contributed by atoms with Gasteiger partial charge in [-0.15, -0.1) is 24.0 Å². The summed E-state index contributed by atoms with van der Waals surface area (Å²) < 4.78 is 13.0. The van der Waals surface area contributed by atoms with E-state index in [9.17, 15) is 4.39 Å². The van der Waals surface area contributed by atoms with Crippen molar-refractivity contribution in [3.05, 3.63) is 71.5 Å². The van der Waals surface area contributed by atoms with E-state index < -0.39 is 0 Å². The first-order valence-corrected chi connectivity index (χ1v) is 10.3. The third-order valence-corrected chi connectivity index (χ3v) is 5.39. The van der Waals surface area contributed by atoms with Gasteiger partial charge in [-0.1, -0.05) is 42.5 Å². The van der Waals surface area contributed by atoms with Crippen LogP contribution in [0.4, 0.5) is 4.39 Å². The van der Waals surface area contributed by atoms with Gasteiger partial charge < -0.3 is 15.5 Å². The van der Waals surface area contributed by atoms with Crippen LogP contribution in [0.2, 0.25) is 0 Å². The largest absolute Gasteiger partial charge is 0.356 e. The quantitative estimate of drug-likeness (QED) is 0.252. The van der Waals surface area contributed by atoms with Crippen molar-refractivity contribution >= 4 is 29.9 Å². The van der Waals surface area contributed by atoms with Gasteiger partial charge in [0.15, 0.2) is 5.96 Å². The molecule has 7 heteroatoms. The molecule has 164 valence electrons. The van der Waals surface area contributed by atoms with Crippen molar-refractivity contribution in [3.8, 4) is 0 Å². The lowest BCUT2D eigenvalue weighted by atomic mass is 10.0. The van der Waals surface area contributed by atoms with Gasteiger partial charge in [0.25, 0.3) is 0 Å². The molecule has 1 saturated heterocycles. The minimum absolute atomic E-state index is 0. The number of guanidine groups is 1. The van der Waals surface area contributed by atoms with Crippen LogP contribution in [0.1, 0.15) is 23.6 Å². The van der Waals surface area contributed by atoms with Gasteiger partial charge in [-0.2, -0.15) is 0 Å². The number of nitrogens with zero attached hydrogens (tertiary/aromatic N) is 3. The van der Waals surface area contributed by atoms with Gasteiger partial charge in [-0.05, 0) is 36.7 Å². The zero-order valence-electron chi connectivity index (χ0n) is 17.9. The molecule has 1 fully saturated rings. The maximum Gasteiger partial charge on any atom is 0.191 e. The lowest BCUT2D eigenvalue weighted by molar-refractivity contribution is 0.0891. The Kier molecular flexibility index (Phi) is 10.5. The van der Waals surface area contributed by atoms with Crippen molar-refractivity contribution in [3.63, 3.8) is 0 Å². The first-order valence-electron chi connectivity index (χ1n) is 10.3. The molecule has 0 aliphatic carbocycles. The van der Waals surface area contributed by atoms with Crippen LogP contribution in [0, 0.1) is 5.82 Å². The summed E-state index contributed by atoms with van der Waals surface area (Å²) in [5.41, 5.74) is 2.42. The zero-order chi connectivity index (χ0) is 20.5. The van der Waals surface area contributed by atoms with Crippen LogP contribution < -0.4 is 10.6 Å². The van der Waals surface area contributed by atoms with Gasteiger partial charge in [0.2, 0.25) is 0 Å². The third-order valence-electron chi connectivity index (χ3n) is 5.39. The number of halogens is 2. The van der Waals surface area contributed by atoms with E-state index in [0.29, 0.717) is 12.6 Å². The Labute approximate surface area is 196 Å². The highest BCUT2D eigenvalue weighted by Crippen LogP contribution is 2.24. The molecule has 0 amide bonds. The van der Waals surface area contributed by atoms with Gasteiger partial charge in [-0.3, -0.25) is 9.89 Å². The first kappa shape index (κ1) is 24.6. The molecule has 3 rings (SSSR count). The molecule has 2 N–H and O–H groups in total. The lowest BCUT2D eigenvalue weighted by Crippen LogP contribution is -2.47. The number of nitrogens with one attached hydrogen (secondary N) is 2. The minimum atomic E-state index is -0.214. The Balaban J connectivity index is 0.00000320. The second-order valence-corrected chi connectivity index (χ2v) is 7.56. The number of likely N-dealkylation sites (N-methyl/N-ethyl adjacent to an activating group) is 1. The summed E-state index contributed by atoms with van der Waals surface area (Å²) in [6.07, 6.45) is 1.05. The molecule has 1 aliphatic rings. The van der Waals surface area contributed by atoms with Crippen molar-refractivity contribution in [1.82, 2.24) is 20.4 Å². The highest BCUT2D eigenvalue weighted by Gasteiger charge is 2.25. The third kappa shape index (κ3) is 7.52. The zero-order valence-corrected chi connectivity index (χ0v) is 20.2. The molecule has 0 radical (unpaired) electrons. The summed E-state index contributed by atoms with van der Waals surface area (Å²) >= 11 is 0. The molecule has 0 saturated carbocycles. The molecule has 1 atom stereocenters. The van der Waals surface area contributed by atoms with Crippen LogP contribution in [0.5, 0.6) is 0 Å². The molecule has 30 heavy (non-hydrogen) atoms. The van der Waals surface area contributed by atoms with Crippen LogP contribution in [-0.2, 0) is 6.54 Å². The maximum atomic E-state index is 13.0. The van der Waals surface area contributed by atoms with Crippen molar-refractivity contribution in [2.45, 2.75) is 19.0 Å². The minimum Gasteiger partial charge on any atom is -0.356 e. The topological polar surface area (TPSA) is 42.9 Å². The second-order valence-electron chi connectivity index (χ2n) is 7.56. The van der Waals surface area contributed by atoms with E-state index in [2.05, 4.69) is 62.8 Å². The summed E-state index contributed by atoms with van der Waals surface area (Å²) in [5, 5.41) is 6.66. The Morgan fingerprint density at radius 2 is 1.80 bits per heavy atom. The Morgan fingerprint density at radius 3 is 2.50 bits per heavy atom. The summed E-state index contributed by atoms with van der Waals surface area (Å²) in [7, 11) is 3.97. The van der Waals surface area contributed by atoms with Crippen molar-refractivity contribution < 1.29 is 4.39 Å². The molecule has 1 heterocycles. The predicted molar refractivity (Wildman–Crippen MR) is 133 cm³/mol. The number of aliphatic imine (C=N–C) groups is 1. The highest BCUT2D eigenvalue weighted by atomic mass is 127. The van der Waals surface area contributed by atoms with Crippen molar-refractivity contribution in [2.24, 2.45) is 4.99 Å². The van der Waals surface area contributed by atoms with Crippen LogP contribution >= 0.6 is 24.0 Å². The fourth-order valence-electron chi connectivity index (χ4n) is 3.71. The first-order chi connectivity index (χ1) is 14.2. The van der Waals surface area contributed by atoms with Crippen molar-refractivity contribution in [2.75, 3.05) is 46.8 Å². The van der Waals surface area contributed by atoms with Crippen LogP contribution in [0.25, 0.3) is 0 Å². The molecule has 1 unspecified atom stereocenters. The number of benzene rings is 2. The van der Waals surface area contributed by atoms with Gasteiger partial charge in [0.05, 0.1) is 0 Å².